The van der Waals surface area contributed by atoms with Gasteiger partial charge in [0.15, 0.2) is 0 Å². The van der Waals surface area contributed by atoms with E-state index < -0.39 is 5.82 Å². The van der Waals surface area contributed by atoms with Crippen molar-refractivity contribution in [1.29, 1.82) is 0 Å². The Morgan fingerprint density at radius 2 is 2.14 bits per heavy atom. The van der Waals surface area contributed by atoms with Crippen LogP contribution in [0.2, 0.25) is 0 Å². The second-order valence-corrected chi connectivity index (χ2v) is 5.54. The Morgan fingerprint density at radius 1 is 1.33 bits per heavy atom. The number of hydrogen-bond acceptors (Lipinski definition) is 5. The average Bonchev–Trinajstić information content (AvgIpc) is 2.95. The predicted octanol–water partition coefficient (Wildman–Crippen LogP) is 2.60. The smallest absolute Gasteiger partial charge is 0.255 e. The number of aryl methyl sites for hydroxylation is 1. The standard InChI is InChI=1S/C14H17FN4OS/c1-3-10-7-17-12(21-10)8-19-14(20)11-5-9(15)6-18-13(11)16-4-2/h5-7H,3-4,8H2,1-2H3,(H,16,18)(H,19,20). The monoisotopic (exact) mass is 308 g/mol. The van der Waals surface area contributed by atoms with E-state index in [9.17, 15) is 9.18 Å². The molecule has 5 nitrogen and oxygen atoms in total. The molecular formula is C14H17FN4OS. The lowest BCUT2D eigenvalue weighted by molar-refractivity contribution is 0.0951. The highest BCUT2D eigenvalue weighted by Crippen LogP contribution is 2.15. The normalized spacial score (nSPS) is 10.4. The number of carbonyl (C=O) groups excluding carboxylic acids is 1. The molecule has 21 heavy (non-hydrogen) atoms. The second kappa shape index (κ2) is 7.12. The lowest BCUT2D eigenvalue weighted by atomic mass is 10.2. The first-order valence-electron chi connectivity index (χ1n) is 6.75. The molecule has 2 rings (SSSR count). The van der Waals surface area contributed by atoms with Gasteiger partial charge in [0.1, 0.15) is 16.6 Å². The molecule has 2 aromatic rings. The van der Waals surface area contributed by atoms with Crippen LogP contribution in [0.4, 0.5) is 10.2 Å². The van der Waals surface area contributed by atoms with E-state index >= 15 is 0 Å². The molecule has 2 aromatic heterocycles. The van der Waals surface area contributed by atoms with Crippen LogP contribution < -0.4 is 10.6 Å². The maximum atomic E-state index is 13.3. The highest BCUT2D eigenvalue weighted by atomic mass is 32.1. The Morgan fingerprint density at radius 3 is 2.81 bits per heavy atom. The summed E-state index contributed by atoms with van der Waals surface area (Å²) in [5.74, 6) is -0.527. The number of thiazole rings is 1. The largest absolute Gasteiger partial charge is 0.370 e. The van der Waals surface area contributed by atoms with E-state index in [0.717, 1.165) is 17.6 Å². The lowest BCUT2D eigenvalue weighted by Gasteiger charge is -2.09. The van der Waals surface area contributed by atoms with Crippen LogP contribution in [0.15, 0.2) is 18.5 Å². The molecule has 0 unspecified atom stereocenters. The Kier molecular flexibility index (Phi) is 5.21. The predicted molar refractivity (Wildman–Crippen MR) is 81.0 cm³/mol. The van der Waals surface area contributed by atoms with E-state index in [2.05, 4.69) is 27.5 Å². The number of carbonyl (C=O) groups is 1. The summed E-state index contributed by atoms with van der Waals surface area (Å²) < 4.78 is 13.3. The first-order chi connectivity index (χ1) is 10.1. The SMILES string of the molecule is CCNc1ncc(F)cc1C(=O)NCc1ncc(CC)s1. The fraction of sp³-hybridized carbons (Fsp3) is 0.357. The molecule has 0 aliphatic carbocycles. The summed E-state index contributed by atoms with van der Waals surface area (Å²) in [4.78, 5) is 21.5. The molecule has 0 spiro atoms. The van der Waals surface area contributed by atoms with Crippen molar-refractivity contribution in [2.45, 2.75) is 26.8 Å². The zero-order valence-corrected chi connectivity index (χ0v) is 12.8. The summed E-state index contributed by atoms with van der Waals surface area (Å²) in [5.41, 5.74) is 0.198. The van der Waals surface area contributed by atoms with Crippen molar-refractivity contribution in [3.05, 3.63) is 39.7 Å². The highest BCUT2D eigenvalue weighted by Gasteiger charge is 2.14. The molecule has 0 aromatic carbocycles. The van der Waals surface area contributed by atoms with Crippen LogP contribution in [0.25, 0.3) is 0 Å². The van der Waals surface area contributed by atoms with Crippen LogP contribution >= 0.6 is 11.3 Å². The van der Waals surface area contributed by atoms with Gasteiger partial charge in [-0.05, 0) is 19.4 Å². The number of rotatable bonds is 6. The quantitative estimate of drug-likeness (QED) is 0.861. The molecule has 1 amide bonds. The van der Waals surface area contributed by atoms with Crippen molar-refractivity contribution >= 4 is 23.1 Å². The molecule has 0 saturated carbocycles. The topological polar surface area (TPSA) is 66.9 Å². The first kappa shape index (κ1) is 15.4. The Balaban J connectivity index is 2.07. The van der Waals surface area contributed by atoms with E-state index in [-0.39, 0.29) is 11.5 Å². The van der Waals surface area contributed by atoms with E-state index in [0.29, 0.717) is 18.9 Å². The number of aromatic nitrogens is 2. The molecule has 0 saturated heterocycles. The van der Waals surface area contributed by atoms with Crippen LogP contribution in [0.5, 0.6) is 0 Å². The minimum absolute atomic E-state index is 0.198. The Bertz CT molecular complexity index is 629. The lowest BCUT2D eigenvalue weighted by Crippen LogP contribution is -2.24. The second-order valence-electron chi connectivity index (χ2n) is 4.34. The summed E-state index contributed by atoms with van der Waals surface area (Å²) >= 11 is 1.56. The maximum Gasteiger partial charge on any atom is 0.255 e. The van der Waals surface area contributed by atoms with Crippen LogP contribution in [-0.4, -0.2) is 22.4 Å². The molecular weight excluding hydrogens is 291 g/mol. The molecule has 0 radical (unpaired) electrons. The van der Waals surface area contributed by atoms with Gasteiger partial charge < -0.3 is 10.6 Å². The Hall–Kier alpha value is -2.02. The van der Waals surface area contributed by atoms with Crippen LogP contribution in [-0.2, 0) is 13.0 Å². The van der Waals surface area contributed by atoms with Gasteiger partial charge in [0.25, 0.3) is 5.91 Å². The van der Waals surface area contributed by atoms with Crippen molar-refractivity contribution in [2.75, 3.05) is 11.9 Å². The summed E-state index contributed by atoms with van der Waals surface area (Å²) in [6.45, 7) is 4.86. The molecule has 0 aliphatic heterocycles. The summed E-state index contributed by atoms with van der Waals surface area (Å²) in [5, 5.41) is 6.51. The van der Waals surface area contributed by atoms with Crippen molar-refractivity contribution in [3.63, 3.8) is 0 Å². The summed E-state index contributed by atoms with van der Waals surface area (Å²) in [7, 11) is 0. The molecule has 2 N–H and O–H groups in total. The van der Waals surface area contributed by atoms with E-state index in [4.69, 9.17) is 0 Å². The zero-order valence-electron chi connectivity index (χ0n) is 11.9. The maximum absolute atomic E-state index is 13.3. The van der Waals surface area contributed by atoms with E-state index in [1.807, 2.05) is 6.92 Å². The van der Waals surface area contributed by atoms with Crippen molar-refractivity contribution in [2.24, 2.45) is 0 Å². The van der Waals surface area contributed by atoms with Crippen molar-refractivity contribution < 1.29 is 9.18 Å². The summed E-state index contributed by atoms with van der Waals surface area (Å²) in [6.07, 6.45) is 3.81. The van der Waals surface area contributed by atoms with Gasteiger partial charge in [-0.25, -0.2) is 14.4 Å². The minimum Gasteiger partial charge on any atom is -0.370 e. The fourth-order valence-corrected chi connectivity index (χ4v) is 2.57. The van der Waals surface area contributed by atoms with E-state index in [1.54, 1.807) is 17.5 Å². The van der Waals surface area contributed by atoms with Gasteiger partial charge in [0, 0.05) is 17.6 Å². The third-order valence-electron chi connectivity index (χ3n) is 2.79. The molecule has 0 aliphatic rings. The van der Waals surface area contributed by atoms with Crippen LogP contribution in [0.1, 0.15) is 34.1 Å². The molecule has 0 bridgehead atoms. The van der Waals surface area contributed by atoms with Crippen molar-refractivity contribution in [3.8, 4) is 0 Å². The van der Waals surface area contributed by atoms with Crippen LogP contribution in [0.3, 0.4) is 0 Å². The Labute approximate surface area is 126 Å². The molecule has 2 heterocycles. The number of amides is 1. The molecule has 112 valence electrons. The number of nitrogens with zero attached hydrogens (tertiary/aromatic N) is 2. The number of hydrogen-bond donors (Lipinski definition) is 2. The van der Waals surface area contributed by atoms with Gasteiger partial charge >= 0.3 is 0 Å². The van der Waals surface area contributed by atoms with Gasteiger partial charge in [-0.3, -0.25) is 4.79 Å². The highest BCUT2D eigenvalue weighted by molar-refractivity contribution is 7.11. The fourth-order valence-electron chi connectivity index (χ4n) is 1.76. The number of nitrogens with one attached hydrogen (secondary N) is 2. The first-order valence-corrected chi connectivity index (χ1v) is 7.56. The number of pyridine rings is 1. The third kappa shape index (κ3) is 3.98. The zero-order chi connectivity index (χ0) is 15.2. The van der Waals surface area contributed by atoms with E-state index in [1.165, 1.54) is 10.9 Å². The minimum atomic E-state index is -0.538. The molecule has 7 heteroatoms. The molecule has 0 atom stereocenters. The average molecular weight is 308 g/mol. The van der Waals surface area contributed by atoms with Gasteiger partial charge in [-0.15, -0.1) is 11.3 Å². The van der Waals surface area contributed by atoms with Gasteiger partial charge in [-0.2, -0.15) is 0 Å². The molecule has 0 fully saturated rings. The van der Waals surface area contributed by atoms with Gasteiger partial charge in [0.2, 0.25) is 0 Å². The van der Waals surface area contributed by atoms with Gasteiger partial charge in [0.05, 0.1) is 18.3 Å². The number of halogens is 1. The van der Waals surface area contributed by atoms with Crippen LogP contribution in [0, 0.1) is 5.82 Å². The third-order valence-corrected chi connectivity index (χ3v) is 3.93. The number of anilines is 1. The van der Waals surface area contributed by atoms with Crippen molar-refractivity contribution in [1.82, 2.24) is 15.3 Å². The summed E-state index contributed by atoms with van der Waals surface area (Å²) in [6, 6.07) is 1.18. The van der Waals surface area contributed by atoms with Gasteiger partial charge in [-0.1, -0.05) is 6.92 Å².